The molecule has 2 heterocycles. The van der Waals surface area contributed by atoms with E-state index in [1.165, 1.54) is 23.5 Å². The number of rotatable bonds is 5. The summed E-state index contributed by atoms with van der Waals surface area (Å²) >= 11 is 1.33. The van der Waals surface area contributed by atoms with Crippen LogP contribution in [0.2, 0.25) is 0 Å². The van der Waals surface area contributed by atoms with Gasteiger partial charge < -0.3 is 9.73 Å². The number of nitrogens with one attached hydrogen (secondary N) is 1. The molecule has 1 aromatic carbocycles. The first kappa shape index (κ1) is 16.0. The standard InChI is InChI=1S/C18H14F2N2O2S/c19-14-4-3-10(7-15(14)20)6-11-9-21-18(25-11)22-17(23)13-8-12(13)16-2-1-5-24-16/h1-5,7,9,12-13H,6,8H2,(H,21,22,23). The average Bonchev–Trinajstić information content (AvgIpc) is 2.99. The number of nitrogens with zero attached hydrogens (tertiary/aromatic N) is 1. The van der Waals surface area contributed by atoms with Gasteiger partial charge in [0.1, 0.15) is 5.76 Å². The van der Waals surface area contributed by atoms with E-state index in [-0.39, 0.29) is 17.7 Å². The highest BCUT2D eigenvalue weighted by molar-refractivity contribution is 7.15. The van der Waals surface area contributed by atoms with Crippen molar-refractivity contribution < 1.29 is 18.0 Å². The molecule has 128 valence electrons. The van der Waals surface area contributed by atoms with Crippen LogP contribution in [0.3, 0.4) is 0 Å². The second-order valence-corrected chi connectivity index (χ2v) is 7.13. The maximum atomic E-state index is 13.3. The van der Waals surface area contributed by atoms with Gasteiger partial charge in [-0.25, -0.2) is 13.8 Å². The molecule has 0 radical (unpaired) electrons. The molecule has 0 saturated heterocycles. The summed E-state index contributed by atoms with van der Waals surface area (Å²) in [7, 11) is 0. The summed E-state index contributed by atoms with van der Waals surface area (Å²) in [5.41, 5.74) is 0.653. The number of carbonyl (C=O) groups is 1. The Balaban J connectivity index is 1.37. The van der Waals surface area contributed by atoms with Gasteiger partial charge in [-0.3, -0.25) is 4.79 Å². The molecule has 1 N–H and O–H groups in total. The summed E-state index contributed by atoms with van der Waals surface area (Å²) in [5, 5.41) is 3.32. The van der Waals surface area contributed by atoms with Crippen LogP contribution in [0.15, 0.2) is 47.2 Å². The molecule has 0 spiro atoms. The third-order valence-corrected chi connectivity index (χ3v) is 5.09. The number of halogens is 2. The van der Waals surface area contributed by atoms with Gasteiger partial charge in [0.05, 0.1) is 6.26 Å². The van der Waals surface area contributed by atoms with Gasteiger partial charge in [-0.05, 0) is 36.2 Å². The van der Waals surface area contributed by atoms with Crippen LogP contribution >= 0.6 is 11.3 Å². The topological polar surface area (TPSA) is 55.1 Å². The van der Waals surface area contributed by atoms with Gasteiger partial charge in [0.15, 0.2) is 16.8 Å². The molecule has 2 unspecified atom stereocenters. The minimum absolute atomic E-state index is 0.0740. The van der Waals surface area contributed by atoms with Crippen molar-refractivity contribution >= 4 is 22.4 Å². The number of anilines is 1. The van der Waals surface area contributed by atoms with Crippen LogP contribution in [0.25, 0.3) is 0 Å². The number of aromatic nitrogens is 1. The monoisotopic (exact) mass is 360 g/mol. The van der Waals surface area contributed by atoms with Crippen molar-refractivity contribution in [3.63, 3.8) is 0 Å². The van der Waals surface area contributed by atoms with Crippen molar-refractivity contribution in [2.45, 2.75) is 18.8 Å². The molecule has 3 aromatic rings. The molecule has 1 fully saturated rings. The molecule has 2 aromatic heterocycles. The van der Waals surface area contributed by atoms with E-state index in [1.807, 2.05) is 12.1 Å². The predicted molar refractivity (Wildman–Crippen MR) is 89.5 cm³/mol. The first-order valence-corrected chi connectivity index (χ1v) is 8.64. The predicted octanol–water partition coefficient (Wildman–Crippen LogP) is 4.35. The van der Waals surface area contributed by atoms with E-state index in [0.29, 0.717) is 17.1 Å². The number of benzene rings is 1. The molecule has 4 rings (SSSR count). The lowest BCUT2D eigenvalue weighted by Gasteiger charge is -2.00. The lowest BCUT2D eigenvalue weighted by molar-refractivity contribution is -0.117. The van der Waals surface area contributed by atoms with Gasteiger partial charge in [-0.15, -0.1) is 11.3 Å². The third kappa shape index (κ3) is 3.46. The zero-order chi connectivity index (χ0) is 17.4. The van der Waals surface area contributed by atoms with Crippen molar-refractivity contribution in [1.29, 1.82) is 0 Å². The fourth-order valence-electron chi connectivity index (χ4n) is 2.80. The first-order chi connectivity index (χ1) is 12.1. The number of hydrogen-bond acceptors (Lipinski definition) is 4. The van der Waals surface area contributed by atoms with Crippen LogP contribution < -0.4 is 5.32 Å². The van der Waals surface area contributed by atoms with Crippen LogP contribution in [-0.2, 0) is 11.2 Å². The van der Waals surface area contributed by atoms with Gasteiger partial charge >= 0.3 is 0 Å². The highest BCUT2D eigenvalue weighted by Crippen LogP contribution is 2.48. The van der Waals surface area contributed by atoms with E-state index in [1.54, 1.807) is 12.5 Å². The fourth-order valence-corrected chi connectivity index (χ4v) is 3.65. The number of furan rings is 1. The molecule has 0 bridgehead atoms. The molecule has 1 aliphatic carbocycles. The van der Waals surface area contributed by atoms with E-state index in [0.717, 1.165) is 23.1 Å². The summed E-state index contributed by atoms with van der Waals surface area (Å²) in [4.78, 5) is 17.3. The molecule has 1 saturated carbocycles. The van der Waals surface area contributed by atoms with E-state index in [2.05, 4.69) is 10.3 Å². The maximum Gasteiger partial charge on any atom is 0.230 e. The van der Waals surface area contributed by atoms with Gasteiger partial charge in [0, 0.05) is 29.3 Å². The third-order valence-electron chi connectivity index (χ3n) is 4.18. The lowest BCUT2D eigenvalue weighted by atomic mass is 10.1. The smallest absolute Gasteiger partial charge is 0.230 e. The summed E-state index contributed by atoms with van der Waals surface area (Å²) in [6.45, 7) is 0. The summed E-state index contributed by atoms with van der Waals surface area (Å²) < 4.78 is 31.5. The Hall–Kier alpha value is -2.54. The van der Waals surface area contributed by atoms with Crippen LogP contribution in [0, 0.1) is 17.6 Å². The molecule has 1 aliphatic rings. The second kappa shape index (κ2) is 6.40. The maximum absolute atomic E-state index is 13.3. The highest BCUT2D eigenvalue weighted by Gasteiger charge is 2.46. The van der Waals surface area contributed by atoms with E-state index in [4.69, 9.17) is 4.42 Å². The summed E-state index contributed by atoms with van der Waals surface area (Å²) in [6.07, 6.45) is 4.45. The molecule has 7 heteroatoms. The zero-order valence-electron chi connectivity index (χ0n) is 13.0. The Bertz CT molecular complexity index is 908. The minimum Gasteiger partial charge on any atom is -0.469 e. The minimum atomic E-state index is -0.867. The van der Waals surface area contributed by atoms with Crippen molar-refractivity contribution in [1.82, 2.24) is 4.98 Å². The van der Waals surface area contributed by atoms with Crippen LogP contribution in [-0.4, -0.2) is 10.9 Å². The lowest BCUT2D eigenvalue weighted by Crippen LogP contribution is -2.14. The van der Waals surface area contributed by atoms with Crippen molar-refractivity contribution in [3.8, 4) is 0 Å². The van der Waals surface area contributed by atoms with Gasteiger partial charge in [0.2, 0.25) is 5.91 Å². The molecule has 25 heavy (non-hydrogen) atoms. The van der Waals surface area contributed by atoms with Gasteiger partial charge in [-0.2, -0.15) is 0 Å². The molecule has 0 aliphatic heterocycles. The quantitative estimate of drug-likeness (QED) is 0.736. The van der Waals surface area contributed by atoms with E-state index >= 15 is 0 Å². The Kier molecular flexibility index (Phi) is 4.09. The molecular formula is C18H14F2N2O2S. The number of hydrogen-bond donors (Lipinski definition) is 1. The normalized spacial score (nSPS) is 19.0. The van der Waals surface area contributed by atoms with E-state index in [9.17, 15) is 13.6 Å². The Morgan fingerprint density at radius 1 is 1.32 bits per heavy atom. The van der Waals surface area contributed by atoms with Crippen molar-refractivity contribution in [2.75, 3.05) is 5.32 Å². The summed E-state index contributed by atoms with van der Waals surface area (Å²) in [5.74, 6) is -0.931. The molecule has 4 nitrogen and oxygen atoms in total. The largest absolute Gasteiger partial charge is 0.469 e. The summed E-state index contributed by atoms with van der Waals surface area (Å²) in [6, 6.07) is 7.51. The van der Waals surface area contributed by atoms with Crippen LogP contribution in [0.5, 0.6) is 0 Å². The number of thiazole rings is 1. The average molecular weight is 360 g/mol. The van der Waals surface area contributed by atoms with Crippen LogP contribution in [0.4, 0.5) is 13.9 Å². The van der Waals surface area contributed by atoms with Crippen molar-refractivity contribution in [2.24, 2.45) is 5.92 Å². The molecule has 2 atom stereocenters. The van der Waals surface area contributed by atoms with Crippen molar-refractivity contribution in [3.05, 3.63) is 70.6 Å². The Morgan fingerprint density at radius 3 is 2.96 bits per heavy atom. The van der Waals surface area contributed by atoms with Crippen LogP contribution in [0.1, 0.15) is 28.5 Å². The zero-order valence-corrected chi connectivity index (χ0v) is 13.9. The second-order valence-electron chi connectivity index (χ2n) is 6.01. The number of carbonyl (C=O) groups excluding carboxylic acids is 1. The van der Waals surface area contributed by atoms with Gasteiger partial charge in [0.25, 0.3) is 0 Å². The Labute approximate surface area is 146 Å². The molecule has 1 amide bonds. The molecular weight excluding hydrogens is 346 g/mol. The highest BCUT2D eigenvalue weighted by atomic mass is 32.1. The number of amides is 1. The Morgan fingerprint density at radius 2 is 2.20 bits per heavy atom. The van der Waals surface area contributed by atoms with E-state index < -0.39 is 11.6 Å². The first-order valence-electron chi connectivity index (χ1n) is 7.83. The van der Waals surface area contributed by atoms with Gasteiger partial charge in [-0.1, -0.05) is 6.07 Å². The fraction of sp³-hybridized carbons (Fsp3) is 0.222. The SMILES string of the molecule is O=C(Nc1ncc(Cc2ccc(F)c(F)c2)s1)C1CC1c1ccco1.